The Hall–Kier alpha value is -1.31. The Bertz CT molecular complexity index is 573. The molecule has 0 fully saturated rings. The Labute approximate surface area is 102 Å². The number of hydrogen-bond donors (Lipinski definition) is 0. The van der Waals surface area contributed by atoms with Crippen LogP contribution in [-0.4, -0.2) is 16.1 Å². The number of terminal acetylenes is 1. The fourth-order valence-corrected chi connectivity index (χ4v) is 2.36. The molecule has 0 saturated carbocycles. The van der Waals surface area contributed by atoms with E-state index in [4.69, 9.17) is 22.8 Å². The average molecular weight is 253 g/mol. The topological polar surface area (TPSA) is 35.0 Å². The molecule has 3 nitrogen and oxygen atoms in total. The van der Waals surface area contributed by atoms with Crippen molar-refractivity contribution in [1.82, 2.24) is 9.97 Å². The molecule has 0 aliphatic rings. The number of aryl methyl sites for hydroxylation is 1. The van der Waals surface area contributed by atoms with Gasteiger partial charge in [-0.05, 0) is 31.5 Å². The van der Waals surface area contributed by atoms with Crippen LogP contribution < -0.4 is 4.74 Å². The van der Waals surface area contributed by atoms with E-state index in [0.29, 0.717) is 5.88 Å². The lowest BCUT2D eigenvalue weighted by molar-refractivity contribution is 0.271. The number of halogens is 1. The fraction of sp³-hybridized carbons (Fsp3) is 0.273. The predicted octanol–water partition coefficient (Wildman–Crippen LogP) is 3.05. The van der Waals surface area contributed by atoms with Crippen LogP contribution in [0.15, 0.2) is 6.07 Å². The molecule has 0 aliphatic carbocycles. The van der Waals surface area contributed by atoms with Crippen molar-refractivity contribution in [3.05, 3.63) is 16.2 Å². The third-order valence-electron chi connectivity index (χ3n) is 1.98. The second-order valence-corrected chi connectivity index (χ2v) is 4.87. The maximum atomic E-state index is 5.81. The van der Waals surface area contributed by atoms with Gasteiger partial charge in [-0.2, -0.15) is 4.98 Å². The summed E-state index contributed by atoms with van der Waals surface area (Å²) in [7, 11) is 0. The highest BCUT2D eigenvalue weighted by Gasteiger charge is 2.12. The minimum Gasteiger partial charge on any atom is -0.461 e. The highest BCUT2D eigenvalue weighted by atomic mass is 35.5. The summed E-state index contributed by atoms with van der Waals surface area (Å²) < 4.78 is 5.51. The van der Waals surface area contributed by atoms with E-state index >= 15 is 0 Å². The lowest BCUT2D eigenvalue weighted by atomic mass is 10.3. The normalized spacial score (nSPS) is 12.4. The van der Waals surface area contributed by atoms with E-state index in [1.165, 1.54) is 0 Å². The smallest absolute Gasteiger partial charge is 0.227 e. The van der Waals surface area contributed by atoms with Gasteiger partial charge in [-0.3, -0.25) is 0 Å². The summed E-state index contributed by atoms with van der Waals surface area (Å²) in [5.41, 5.74) is 0. The lowest BCUT2D eigenvalue weighted by Gasteiger charge is -2.08. The van der Waals surface area contributed by atoms with Crippen molar-refractivity contribution in [2.45, 2.75) is 20.0 Å². The van der Waals surface area contributed by atoms with Crippen LogP contribution in [0.2, 0.25) is 5.28 Å². The summed E-state index contributed by atoms with van der Waals surface area (Å²) in [5.74, 6) is 2.93. The van der Waals surface area contributed by atoms with Gasteiger partial charge in [0.05, 0.1) is 5.39 Å². The van der Waals surface area contributed by atoms with E-state index in [1.54, 1.807) is 18.3 Å². The van der Waals surface area contributed by atoms with E-state index in [2.05, 4.69) is 15.9 Å². The van der Waals surface area contributed by atoms with E-state index in [-0.39, 0.29) is 11.4 Å². The molecule has 16 heavy (non-hydrogen) atoms. The number of nitrogens with zero attached hydrogens (tertiary/aromatic N) is 2. The molecule has 82 valence electrons. The zero-order valence-corrected chi connectivity index (χ0v) is 10.4. The van der Waals surface area contributed by atoms with Crippen molar-refractivity contribution >= 4 is 33.2 Å². The van der Waals surface area contributed by atoms with Gasteiger partial charge in [0, 0.05) is 4.88 Å². The molecule has 2 heterocycles. The third kappa shape index (κ3) is 2.11. The largest absolute Gasteiger partial charge is 0.461 e. The van der Waals surface area contributed by atoms with E-state index < -0.39 is 0 Å². The van der Waals surface area contributed by atoms with E-state index in [0.717, 1.165) is 15.1 Å². The van der Waals surface area contributed by atoms with Gasteiger partial charge >= 0.3 is 0 Å². The number of fused-ring (bicyclic) bond motifs is 1. The number of ether oxygens (including phenoxy) is 1. The van der Waals surface area contributed by atoms with E-state index in [9.17, 15) is 0 Å². The first-order chi connectivity index (χ1) is 7.60. The van der Waals surface area contributed by atoms with Gasteiger partial charge in [0.15, 0.2) is 6.10 Å². The van der Waals surface area contributed by atoms with Gasteiger partial charge in [-0.15, -0.1) is 17.8 Å². The SMILES string of the molecule is C#CC(C)Oc1nc(Cl)nc2sc(C)cc12. The van der Waals surface area contributed by atoms with Crippen LogP contribution >= 0.6 is 22.9 Å². The summed E-state index contributed by atoms with van der Waals surface area (Å²) in [4.78, 5) is 10.1. The van der Waals surface area contributed by atoms with Crippen molar-refractivity contribution in [1.29, 1.82) is 0 Å². The van der Waals surface area contributed by atoms with Crippen molar-refractivity contribution in [2.24, 2.45) is 0 Å². The molecule has 0 aromatic carbocycles. The quantitative estimate of drug-likeness (QED) is 0.609. The Morgan fingerprint density at radius 1 is 1.56 bits per heavy atom. The monoisotopic (exact) mass is 252 g/mol. The highest BCUT2D eigenvalue weighted by molar-refractivity contribution is 7.18. The Kier molecular flexibility index (Phi) is 2.99. The first kappa shape index (κ1) is 11.2. The van der Waals surface area contributed by atoms with Gasteiger partial charge in [0.25, 0.3) is 0 Å². The van der Waals surface area contributed by atoms with Crippen LogP contribution in [0.3, 0.4) is 0 Å². The molecule has 2 aromatic rings. The zero-order chi connectivity index (χ0) is 11.7. The number of aromatic nitrogens is 2. The van der Waals surface area contributed by atoms with Gasteiger partial charge in [0.1, 0.15) is 4.83 Å². The summed E-state index contributed by atoms with van der Waals surface area (Å²) >= 11 is 7.36. The molecule has 0 amide bonds. The molecule has 2 aromatic heterocycles. The third-order valence-corrected chi connectivity index (χ3v) is 3.09. The molecule has 0 saturated heterocycles. The molecule has 0 N–H and O–H groups in total. The van der Waals surface area contributed by atoms with Crippen molar-refractivity contribution in [3.63, 3.8) is 0 Å². The predicted molar refractivity (Wildman–Crippen MR) is 66.1 cm³/mol. The molecule has 1 unspecified atom stereocenters. The van der Waals surface area contributed by atoms with Crippen LogP contribution in [0.25, 0.3) is 10.2 Å². The van der Waals surface area contributed by atoms with Crippen LogP contribution in [0.4, 0.5) is 0 Å². The minimum absolute atomic E-state index is 0.175. The van der Waals surface area contributed by atoms with E-state index in [1.807, 2.05) is 13.0 Å². The molecule has 0 aliphatic heterocycles. The number of hydrogen-bond acceptors (Lipinski definition) is 4. The second-order valence-electron chi connectivity index (χ2n) is 3.30. The first-order valence-electron chi connectivity index (χ1n) is 4.66. The van der Waals surface area contributed by atoms with Gasteiger partial charge in [-0.25, -0.2) is 4.98 Å². The summed E-state index contributed by atoms with van der Waals surface area (Å²) in [6, 6.07) is 1.97. The highest BCUT2D eigenvalue weighted by Crippen LogP contribution is 2.31. The molecule has 0 spiro atoms. The summed E-state index contributed by atoms with van der Waals surface area (Å²) in [6.07, 6.45) is 4.92. The van der Waals surface area contributed by atoms with Crippen LogP contribution in [0, 0.1) is 19.3 Å². The van der Waals surface area contributed by atoms with Gasteiger partial charge in [0.2, 0.25) is 11.2 Å². The number of thiophene rings is 1. The second kappa shape index (κ2) is 4.28. The fourth-order valence-electron chi connectivity index (χ4n) is 1.28. The van der Waals surface area contributed by atoms with Crippen LogP contribution in [-0.2, 0) is 0 Å². The molecule has 1 atom stereocenters. The van der Waals surface area contributed by atoms with Crippen molar-refractivity contribution in [3.8, 4) is 18.2 Å². The van der Waals surface area contributed by atoms with Gasteiger partial charge in [-0.1, -0.05) is 5.92 Å². The Morgan fingerprint density at radius 3 is 3.00 bits per heavy atom. The van der Waals surface area contributed by atoms with Gasteiger partial charge < -0.3 is 4.74 Å². The molecule has 0 radical (unpaired) electrons. The molecule has 2 rings (SSSR count). The van der Waals surface area contributed by atoms with Crippen molar-refractivity contribution in [2.75, 3.05) is 0 Å². The standard InChI is InChI=1S/C11H9ClN2OS/c1-4-6(2)15-9-8-5-7(3)16-10(8)14-11(12)13-9/h1,5-6H,2-3H3. The zero-order valence-electron chi connectivity index (χ0n) is 8.82. The number of rotatable bonds is 2. The Morgan fingerprint density at radius 2 is 2.31 bits per heavy atom. The van der Waals surface area contributed by atoms with Crippen LogP contribution in [0.5, 0.6) is 5.88 Å². The molecular formula is C11H9ClN2OS. The molecule has 0 bridgehead atoms. The maximum Gasteiger partial charge on any atom is 0.227 e. The van der Waals surface area contributed by atoms with Crippen LogP contribution in [0.1, 0.15) is 11.8 Å². The van der Waals surface area contributed by atoms with Crippen molar-refractivity contribution < 1.29 is 4.74 Å². The molecule has 5 heteroatoms. The average Bonchev–Trinajstić information content (AvgIpc) is 2.58. The lowest BCUT2D eigenvalue weighted by Crippen LogP contribution is -2.09. The Balaban J connectivity index is 2.54. The summed E-state index contributed by atoms with van der Waals surface area (Å²) in [5, 5.41) is 1.03. The minimum atomic E-state index is -0.339. The molecular weight excluding hydrogens is 244 g/mol. The maximum absolute atomic E-state index is 5.81. The summed E-state index contributed by atoms with van der Waals surface area (Å²) in [6.45, 7) is 3.77. The first-order valence-corrected chi connectivity index (χ1v) is 5.86.